The third-order valence-corrected chi connectivity index (χ3v) is 5.01. The minimum atomic E-state index is 0.369. The third-order valence-electron chi connectivity index (χ3n) is 5.01. The topological polar surface area (TPSA) is 29.1 Å². The van der Waals surface area contributed by atoms with Crippen LogP contribution in [-0.4, -0.2) is 18.9 Å². The zero-order valence-electron chi connectivity index (χ0n) is 13.3. The lowest BCUT2D eigenvalue weighted by Crippen LogP contribution is -2.27. The Hall–Kier alpha value is -1.15. The van der Waals surface area contributed by atoms with Gasteiger partial charge in [0.1, 0.15) is 5.78 Å². The molecule has 0 radical (unpaired) electrons. The van der Waals surface area contributed by atoms with Crippen molar-refractivity contribution in [3.63, 3.8) is 0 Å². The quantitative estimate of drug-likeness (QED) is 0.891. The SMILES string of the molecule is CC(C)c1ccc(C2CCNCC2)c(CC(=O)C2CC2)c1. The number of hydrogen-bond acceptors (Lipinski definition) is 2. The molecule has 0 aromatic heterocycles. The summed E-state index contributed by atoms with van der Waals surface area (Å²) in [5.41, 5.74) is 4.12. The average molecular weight is 285 g/mol. The lowest BCUT2D eigenvalue weighted by atomic mass is 9.83. The maximum Gasteiger partial charge on any atom is 0.140 e. The zero-order chi connectivity index (χ0) is 14.8. The Morgan fingerprint density at radius 1 is 1.19 bits per heavy atom. The van der Waals surface area contributed by atoms with Crippen LogP contribution in [0.15, 0.2) is 18.2 Å². The van der Waals surface area contributed by atoms with Crippen molar-refractivity contribution in [1.82, 2.24) is 5.32 Å². The van der Waals surface area contributed by atoms with Crippen molar-refractivity contribution in [3.8, 4) is 0 Å². The molecule has 0 spiro atoms. The summed E-state index contributed by atoms with van der Waals surface area (Å²) in [6.45, 7) is 6.66. The molecule has 0 bridgehead atoms. The number of Topliss-reactive ketones (excluding diaryl/α,β-unsaturated/α-hetero) is 1. The maximum atomic E-state index is 12.3. The first-order chi connectivity index (χ1) is 10.1. The van der Waals surface area contributed by atoms with Crippen molar-refractivity contribution in [2.24, 2.45) is 5.92 Å². The molecule has 0 atom stereocenters. The zero-order valence-corrected chi connectivity index (χ0v) is 13.3. The van der Waals surface area contributed by atoms with Gasteiger partial charge in [0.2, 0.25) is 0 Å². The fourth-order valence-electron chi connectivity index (χ4n) is 3.41. The molecule has 1 aliphatic carbocycles. The van der Waals surface area contributed by atoms with Gasteiger partial charge in [-0.25, -0.2) is 0 Å². The van der Waals surface area contributed by atoms with Gasteiger partial charge in [-0.2, -0.15) is 0 Å². The molecule has 0 unspecified atom stereocenters. The van der Waals surface area contributed by atoms with Crippen molar-refractivity contribution < 1.29 is 4.79 Å². The monoisotopic (exact) mass is 285 g/mol. The summed E-state index contributed by atoms with van der Waals surface area (Å²) in [6.07, 6.45) is 5.29. The van der Waals surface area contributed by atoms with E-state index in [1.165, 1.54) is 29.5 Å². The van der Waals surface area contributed by atoms with E-state index in [-0.39, 0.29) is 0 Å². The number of rotatable bonds is 5. The van der Waals surface area contributed by atoms with Crippen LogP contribution in [0.25, 0.3) is 0 Å². The number of piperidine rings is 1. The van der Waals surface area contributed by atoms with E-state index in [4.69, 9.17) is 0 Å². The molecule has 3 rings (SSSR count). The first kappa shape index (κ1) is 14.8. The second kappa shape index (κ2) is 6.31. The number of nitrogens with one attached hydrogen (secondary N) is 1. The first-order valence-corrected chi connectivity index (χ1v) is 8.51. The van der Waals surface area contributed by atoms with Crippen LogP contribution < -0.4 is 5.32 Å². The molecule has 1 N–H and O–H groups in total. The molecule has 1 aliphatic heterocycles. The minimum Gasteiger partial charge on any atom is -0.317 e. The van der Waals surface area contributed by atoms with Crippen LogP contribution in [0.1, 0.15) is 68.1 Å². The molecule has 2 heteroatoms. The molecule has 21 heavy (non-hydrogen) atoms. The summed E-state index contributed by atoms with van der Waals surface area (Å²) in [7, 11) is 0. The molecule has 1 saturated heterocycles. The van der Waals surface area contributed by atoms with Crippen LogP contribution in [-0.2, 0) is 11.2 Å². The van der Waals surface area contributed by atoms with E-state index in [1.807, 2.05) is 0 Å². The number of ketones is 1. The van der Waals surface area contributed by atoms with Crippen molar-refractivity contribution in [2.45, 2.75) is 57.8 Å². The Morgan fingerprint density at radius 3 is 2.52 bits per heavy atom. The van der Waals surface area contributed by atoms with Gasteiger partial charge in [0, 0.05) is 12.3 Å². The summed E-state index contributed by atoms with van der Waals surface area (Å²) < 4.78 is 0. The Morgan fingerprint density at radius 2 is 1.90 bits per heavy atom. The smallest absolute Gasteiger partial charge is 0.140 e. The van der Waals surface area contributed by atoms with Crippen LogP contribution in [0.2, 0.25) is 0 Å². The van der Waals surface area contributed by atoms with Crippen LogP contribution in [0, 0.1) is 5.92 Å². The highest BCUT2D eigenvalue weighted by atomic mass is 16.1. The molecule has 1 aromatic carbocycles. The summed E-state index contributed by atoms with van der Waals surface area (Å²) in [6, 6.07) is 6.89. The lowest BCUT2D eigenvalue weighted by molar-refractivity contribution is -0.119. The molecule has 2 aliphatic rings. The van der Waals surface area contributed by atoms with E-state index in [2.05, 4.69) is 37.4 Å². The molecule has 1 aromatic rings. The van der Waals surface area contributed by atoms with Crippen LogP contribution in [0.5, 0.6) is 0 Å². The predicted octanol–water partition coefficient (Wildman–Crippen LogP) is 3.80. The summed E-state index contributed by atoms with van der Waals surface area (Å²) in [4.78, 5) is 12.3. The van der Waals surface area contributed by atoms with Crippen LogP contribution in [0.3, 0.4) is 0 Å². The van der Waals surface area contributed by atoms with Gasteiger partial charge in [-0.05, 0) is 67.3 Å². The van der Waals surface area contributed by atoms with Gasteiger partial charge < -0.3 is 5.32 Å². The highest BCUT2D eigenvalue weighted by Gasteiger charge is 2.30. The van der Waals surface area contributed by atoms with Crippen molar-refractivity contribution in [2.75, 3.05) is 13.1 Å². The van der Waals surface area contributed by atoms with Crippen LogP contribution >= 0.6 is 0 Å². The molecule has 114 valence electrons. The first-order valence-electron chi connectivity index (χ1n) is 8.51. The summed E-state index contributed by atoms with van der Waals surface area (Å²) in [5, 5.41) is 3.44. The predicted molar refractivity (Wildman–Crippen MR) is 86.8 cm³/mol. The van der Waals surface area contributed by atoms with Gasteiger partial charge in [0.05, 0.1) is 0 Å². The van der Waals surface area contributed by atoms with Crippen molar-refractivity contribution in [1.29, 1.82) is 0 Å². The van der Waals surface area contributed by atoms with E-state index in [9.17, 15) is 4.79 Å². The lowest BCUT2D eigenvalue weighted by Gasteiger charge is -2.26. The Labute approximate surface area is 128 Å². The number of benzene rings is 1. The highest BCUT2D eigenvalue weighted by Crippen LogP contribution is 2.34. The highest BCUT2D eigenvalue weighted by molar-refractivity contribution is 5.85. The molecule has 0 amide bonds. The number of carbonyl (C=O) groups excluding carboxylic acids is 1. The molecular formula is C19H27NO. The molecular weight excluding hydrogens is 258 g/mol. The van der Waals surface area contributed by atoms with E-state index < -0.39 is 0 Å². The molecule has 1 heterocycles. The fourth-order valence-corrected chi connectivity index (χ4v) is 3.41. The van der Waals surface area contributed by atoms with Gasteiger partial charge in [-0.1, -0.05) is 32.0 Å². The minimum absolute atomic E-state index is 0.369. The Balaban J connectivity index is 1.86. The van der Waals surface area contributed by atoms with E-state index in [0.717, 1.165) is 25.9 Å². The van der Waals surface area contributed by atoms with E-state index >= 15 is 0 Å². The molecule has 2 fully saturated rings. The number of carbonyl (C=O) groups is 1. The van der Waals surface area contributed by atoms with Gasteiger partial charge in [-0.3, -0.25) is 4.79 Å². The second-order valence-corrected chi connectivity index (χ2v) is 7.05. The maximum absolute atomic E-state index is 12.3. The summed E-state index contributed by atoms with van der Waals surface area (Å²) in [5.74, 6) is 2.00. The van der Waals surface area contributed by atoms with Crippen molar-refractivity contribution in [3.05, 3.63) is 34.9 Å². The van der Waals surface area contributed by atoms with Crippen LogP contribution in [0.4, 0.5) is 0 Å². The summed E-state index contributed by atoms with van der Waals surface area (Å²) >= 11 is 0. The van der Waals surface area contributed by atoms with Gasteiger partial charge in [0.15, 0.2) is 0 Å². The Kier molecular flexibility index (Phi) is 4.44. The van der Waals surface area contributed by atoms with E-state index in [1.54, 1.807) is 0 Å². The number of hydrogen-bond donors (Lipinski definition) is 1. The normalized spacial score (nSPS) is 20.0. The largest absolute Gasteiger partial charge is 0.317 e. The standard InChI is InChI=1S/C19H27NO/c1-13(2)16-5-6-18(14-7-9-20-10-8-14)17(11-16)12-19(21)15-3-4-15/h5-6,11,13-15,20H,3-4,7-10,12H2,1-2H3. The fraction of sp³-hybridized carbons (Fsp3) is 0.632. The average Bonchev–Trinajstić information content (AvgIpc) is 3.32. The molecule has 2 nitrogen and oxygen atoms in total. The Bertz CT molecular complexity index is 510. The third kappa shape index (κ3) is 3.55. The van der Waals surface area contributed by atoms with Gasteiger partial charge >= 0.3 is 0 Å². The molecule has 1 saturated carbocycles. The van der Waals surface area contributed by atoms with Crippen molar-refractivity contribution >= 4 is 5.78 Å². The van der Waals surface area contributed by atoms with Gasteiger partial charge in [-0.15, -0.1) is 0 Å². The second-order valence-electron chi connectivity index (χ2n) is 7.05. The van der Waals surface area contributed by atoms with E-state index in [0.29, 0.717) is 30.0 Å². The van der Waals surface area contributed by atoms with Gasteiger partial charge in [0.25, 0.3) is 0 Å².